The molecular weight excluding hydrogens is 413 g/mol. The van der Waals surface area contributed by atoms with Crippen LogP contribution < -0.4 is 0 Å². The van der Waals surface area contributed by atoms with E-state index in [9.17, 15) is 0 Å². The van der Waals surface area contributed by atoms with Crippen LogP contribution in [0, 0.1) is 6.07 Å². The third-order valence-corrected chi connectivity index (χ3v) is 2.64. The number of fused-ring (bicyclic) bond motifs is 1. The molecule has 0 unspecified atom stereocenters. The molecule has 100 valence electrons. The van der Waals surface area contributed by atoms with Gasteiger partial charge in [-0.1, -0.05) is 55.6 Å². The molecule has 3 rings (SSSR count). The molecule has 1 heterocycles. The minimum atomic E-state index is 0. The van der Waals surface area contributed by atoms with Gasteiger partial charge in [-0.3, -0.25) is 0 Å². The molecule has 0 amide bonds. The van der Waals surface area contributed by atoms with Gasteiger partial charge in [0.1, 0.15) is 0 Å². The van der Waals surface area contributed by atoms with Crippen molar-refractivity contribution in [2.45, 2.75) is 13.8 Å². The van der Waals surface area contributed by atoms with Crippen molar-refractivity contribution < 1.29 is 21.1 Å². The van der Waals surface area contributed by atoms with Gasteiger partial charge in [-0.05, 0) is 11.8 Å². The fourth-order valence-corrected chi connectivity index (χ4v) is 1.89. The molecule has 2 aromatic carbocycles. The van der Waals surface area contributed by atoms with E-state index >= 15 is 0 Å². The number of hydrogen-bond donors (Lipinski definition) is 0. The summed E-state index contributed by atoms with van der Waals surface area (Å²) < 4.78 is 0. The number of aromatic nitrogens is 1. The molecule has 0 bridgehead atoms. The van der Waals surface area contributed by atoms with Gasteiger partial charge in [-0.15, -0.1) is 29.1 Å². The normalized spacial score (nSPS) is 9.16. The Morgan fingerprint density at radius 3 is 2.37 bits per heavy atom. The second kappa shape index (κ2) is 7.86. The third-order valence-electron chi connectivity index (χ3n) is 2.64. The summed E-state index contributed by atoms with van der Waals surface area (Å²) >= 11 is 0. The van der Waals surface area contributed by atoms with Crippen molar-refractivity contribution in [2.75, 3.05) is 0 Å². The van der Waals surface area contributed by atoms with Crippen molar-refractivity contribution in [1.82, 2.24) is 4.98 Å². The van der Waals surface area contributed by atoms with Crippen LogP contribution in [-0.4, -0.2) is 4.98 Å². The van der Waals surface area contributed by atoms with E-state index in [2.05, 4.69) is 29.2 Å². The molecular formula is C17H16NPt-. The number of pyridine rings is 1. The Balaban J connectivity index is 0.000000576. The average Bonchev–Trinajstić information content (AvgIpc) is 2.50. The van der Waals surface area contributed by atoms with Crippen molar-refractivity contribution in [3.8, 4) is 11.3 Å². The Labute approximate surface area is 129 Å². The van der Waals surface area contributed by atoms with Crippen LogP contribution in [0.3, 0.4) is 0 Å². The van der Waals surface area contributed by atoms with Crippen LogP contribution >= 0.6 is 0 Å². The fraction of sp³-hybridized carbons (Fsp3) is 0.118. The van der Waals surface area contributed by atoms with Gasteiger partial charge < -0.3 is 4.98 Å². The molecule has 1 nitrogen and oxygen atoms in total. The SMILES string of the molecule is CC.[Pt].[c-]1ccc2ccccc2c1-c1ccccn1. The first-order valence-electron chi connectivity index (χ1n) is 6.26. The monoisotopic (exact) mass is 429 g/mol. The van der Waals surface area contributed by atoms with Gasteiger partial charge in [0, 0.05) is 27.3 Å². The molecule has 0 spiro atoms. The van der Waals surface area contributed by atoms with E-state index in [1.807, 2.05) is 56.4 Å². The fourth-order valence-electron chi connectivity index (χ4n) is 1.89. The molecule has 0 aliphatic carbocycles. The Hall–Kier alpha value is -1.46. The van der Waals surface area contributed by atoms with Crippen molar-refractivity contribution in [3.63, 3.8) is 0 Å². The Kier molecular flexibility index (Phi) is 6.45. The van der Waals surface area contributed by atoms with Gasteiger partial charge in [0.15, 0.2) is 0 Å². The third kappa shape index (κ3) is 3.51. The van der Waals surface area contributed by atoms with Crippen molar-refractivity contribution in [1.29, 1.82) is 0 Å². The van der Waals surface area contributed by atoms with Gasteiger partial charge in [0.2, 0.25) is 0 Å². The number of benzene rings is 2. The standard InChI is InChI=1S/C15H10N.C2H6.Pt/c1-2-8-13-12(6-1)7-5-9-14(13)15-10-3-4-11-16-15;1-2;/h1-8,10-11H;1-2H3;/q-1;;. The maximum Gasteiger partial charge on any atom is 0.0160 e. The number of hydrogen-bond acceptors (Lipinski definition) is 1. The van der Waals surface area contributed by atoms with E-state index in [0.29, 0.717) is 0 Å². The van der Waals surface area contributed by atoms with Crippen molar-refractivity contribution in [3.05, 3.63) is 66.9 Å². The first kappa shape index (κ1) is 15.6. The molecule has 0 radical (unpaired) electrons. The van der Waals surface area contributed by atoms with Crippen LogP contribution in [0.2, 0.25) is 0 Å². The summed E-state index contributed by atoms with van der Waals surface area (Å²) in [7, 11) is 0. The van der Waals surface area contributed by atoms with E-state index in [1.54, 1.807) is 0 Å². The Morgan fingerprint density at radius 2 is 1.63 bits per heavy atom. The van der Waals surface area contributed by atoms with E-state index in [4.69, 9.17) is 0 Å². The van der Waals surface area contributed by atoms with Crippen molar-refractivity contribution >= 4 is 10.8 Å². The summed E-state index contributed by atoms with van der Waals surface area (Å²) in [5.74, 6) is 0. The van der Waals surface area contributed by atoms with Gasteiger partial charge in [-0.2, -0.15) is 0 Å². The molecule has 0 atom stereocenters. The molecule has 0 aliphatic heterocycles. The van der Waals surface area contributed by atoms with Crippen LogP contribution in [0.4, 0.5) is 0 Å². The molecule has 19 heavy (non-hydrogen) atoms. The van der Waals surface area contributed by atoms with Crippen LogP contribution in [0.15, 0.2) is 60.8 Å². The van der Waals surface area contributed by atoms with Crippen LogP contribution in [0.25, 0.3) is 22.0 Å². The summed E-state index contributed by atoms with van der Waals surface area (Å²) in [4.78, 5) is 4.37. The van der Waals surface area contributed by atoms with Crippen LogP contribution in [0.5, 0.6) is 0 Å². The topological polar surface area (TPSA) is 12.9 Å². The molecule has 2 heteroatoms. The maximum atomic E-state index is 4.37. The van der Waals surface area contributed by atoms with Gasteiger partial charge in [-0.25, -0.2) is 0 Å². The van der Waals surface area contributed by atoms with E-state index in [1.165, 1.54) is 10.8 Å². The summed E-state index contributed by atoms with van der Waals surface area (Å²) in [5, 5.41) is 2.42. The second-order valence-electron chi connectivity index (χ2n) is 3.65. The van der Waals surface area contributed by atoms with Gasteiger partial charge in [0.05, 0.1) is 0 Å². The number of nitrogens with zero attached hydrogens (tertiary/aromatic N) is 1. The van der Waals surface area contributed by atoms with Crippen LogP contribution in [0.1, 0.15) is 13.8 Å². The minimum Gasteiger partial charge on any atom is -0.305 e. The molecule has 0 saturated carbocycles. The quantitative estimate of drug-likeness (QED) is 0.510. The van der Waals surface area contributed by atoms with E-state index < -0.39 is 0 Å². The number of rotatable bonds is 1. The minimum absolute atomic E-state index is 0. The average molecular weight is 429 g/mol. The first-order valence-corrected chi connectivity index (χ1v) is 6.26. The molecule has 3 aromatic rings. The van der Waals surface area contributed by atoms with Gasteiger partial charge >= 0.3 is 0 Å². The zero-order valence-electron chi connectivity index (χ0n) is 11.0. The summed E-state index contributed by atoms with van der Waals surface area (Å²) in [6.45, 7) is 4.00. The van der Waals surface area contributed by atoms with E-state index in [-0.39, 0.29) is 21.1 Å². The zero-order chi connectivity index (χ0) is 12.8. The predicted molar refractivity (Wildman–Crippen MR) is 77.4 cm³/mol. The first-order chi connectivity index (χ1) is 8.95. The largest absolute Gasteiger partial charge is 0.305 e. The van der Waals surface area contributed by atoms with E-state index in [0.717, 1.165) is 11.3 Å². The predicted octanol–water partition coefficient (Wildman–Crippen LogP) is 4.73. The summed E-state index contributed by atoms with van der Waals surface area (Å²) in [6.07, 6.45) is 1.81. The Bertz CT molecular complexity index is 615. The second-order valence-corrected chi connectivity index (χ2v) is 3.65. The summed E-state index contributed by atoms with van der Waals surface area (Å²) in [5.41, 5.74) is 2.04. The smallest absolute Gasteiger partial charge is 0.0160 e. The van der Waals surface area contributed by atoms with Crippen LogP contribution in [-0.2, 0) is 21.1 Å². The molecule has 0 saturated heterocycles. The Morgan fingerprint density at radius 1 is 0.895 bits per heavy atom. The van der Waals surface area contributed by atoms with Gasteiger partial charge in [0.25, 0.3) is 0 Å². The molecule has 1 aromatic heterocycles. The maximum absolute atomic E-state index is 4.37. The summed E-state index contributed by atoms with van der Waals surface area (Å²) in [6, 6.07) is 21.5. The molecule has 0 aliphatic rings. The molecule has 0 N–H and O–H groups in total. The van der Waals surface area contributed by atoms with Crippen molar-refractivity contribution in [2.24, 2.45) is 0 Å². The molecule has 0 fully saturated rings. The zero-order valence-corrected chi connectivity index (χ0v) is 13.3.